The van der Waals surface area contributed by atoms with Crippen LogP contribution in [0, 0.1) is 24.7 Å². The number of hydrogen-bond donors (Lipinski definition) is 3. The molecule has 1 saturated carbocycles. The molecule has 0 amide bonds. The van der Waals surface area contributed by atoms with Crippen LogP contribution in [0.4, 0.5) is 0 Å². The van der Waals surface area contributed by atoms with Gasteiger partial charge >= 0.3 is 5.97 Å². The molecule has 2 aliphatic rings. The molecule has 1 aromatic carbocycles. The highest BCUT2D eigenvalue weighted by atomic mass is 16.4. The summed E-state index contributed by atoms with van der Waals surface area (Å²) in [4.78, 5) is 10.6. The second kappa shape index (κ2) is 9.53. The summed E-state index contributed by atoms with van der Waals surface area (Å²) < 4.78 is 0. The fourth-order valence-corrected chi connectivity index (χ4v) is 4.82. The van der Waals surface area contributed by atoms with Gasteiger partial charge in [0.1, 0.15) is 0 Å². The number of rotatable bonds is 9. The molecule has 3 rings (SSSR count). The van der Waals surface area contributed by atoms with Crippen molar-refractivity contribution in [2.45, 2.75) is 64.1 Å². The Kier molecular flexibility index (Phi) is 7.08. The molecule has 1 aromatic rings. The predicted molar refractivity (Wildman–Crippen MR) is 110 cm³/mol. The Balaban J connectivity index is 1.51. The molecule has 0 aliphatic heterocycles. The number of aliphatic hydroxyl groups is 2. The molecule has 2 aliphatic carbocycles. The van der Waals surface area contributed by atoms with Gasteiger partial charge in [0.2, 0.25) is 0 Å². The lowest BCUT2D eigenvalue weighted by molar-refractivity contribution is -0.137. The van der Waals surface area contributed by atoms with Gasteiger partial charge < -0.3 is 15.3 Å². The molecule has 28 heavy (non-hydrogen) atoms. The first-order valence-electron chi connectivity index (χ1n) is 10.4. The van der Waals surface area contributed by atoms with Crippen molar-refractivity contribution in [3.8, 4) is 0 Å². The molecule has 0 unspecified atom stereocenters. The van der Waals surface area contributed by atoms with Crippen molar-refractivity contribution in [3.05, 3.63) is 59.2 Å². The standard InChI is InChI=1S/C24H32O4/c1-16-5-4-7-17(11-16)13-20(25)9-10-21-22-14-18(6-2-3-8-24(27)28)12-19(22)15-23(21)26/h4-5,7,9-12,19-23,25-26H,2-3,6,8,13-15H2,1H3,(H,27,28)/t19-,20+,21+,22-,23+/m0/s1. The third-order valence-electron chi connectivity index (χ3n) is 6.17. The maximum atomic E-state index is 10.6. The molecule has 0 aromatic heterocycles. The minimum atomic E-state index is -0.727. The van der Waals surface area contributed by atoms with Gasteiger partial charge in [-0.15, -0.1) is 0 Å². The van der Waals surface area contributed by atoms with Crippen LogP contribution in [0.15, 0.2) is 48.1 Å². The Morgan fingerprint density at radius 3 is 2.89 bits per heavy atom. The number of hydrogen-bond acceptors (Lipinski definition) is 3. The summed E-state index contributed by atoms with van der Waals surface area (Å²) in [6.45, 7) is 2.05. The van der Waals surface area contributed by atoms with E-state index < -0.39 is 12.1 Å². The van der Waals surface area contributed by atoms with Crippen molar-refractivity contribution in [3.63, 3.8) is 0 Å². The van der Waals surface area contributed by atoms with Gasteiger partial charge in [0.25, 0.3) is 0 Å². The summed E-state index contributed by atoms with van der Waals surface area (Å²) in [5.41, 5.74) is 3.72. The Morgan fingerprint density at radius 1 is 1.32 bits per heavy atom. The minimum absolute atomic E-state index is 0.0879. The first kappa shape index (κ1) is 20.8. The number of aryl methyl sites for hydroxylation is 1. The van der Waals surface area contributed by atoms with Gasteiger partial charge in [-0.3, -0.25) is 4.79 Å². The number of aliphatic carboxylic acids is 1. The number of fused-ring (bicyclic) bond motifs is 1. The average Bonchev–Trinajstić information content (AvgIpc) is 3.13. The Bertz CT molecular complexity index is 736. The van der Waals surface area contributed by atoms with Gasteiger partial charge in [-0.1, -0.05) is 53.6 Å². The molecule has 3 N–H and O–H groups in total. The van der Waals surface area contributed by atoms with Crippen LogP contribution < -0.4 is 0 Å². The van der Waals surface area contributed by atoms with E-state index in [0.717, 1.165) is 37.7 Å². The van der Waals surface area contributed by atoms with Crippen LogP contribution in [-0.4, -0.2) is 33.5 Å². The summed E-state index contributed by atoms with van der Waals surface area (Å²) in [5.74, 6) is 0.180. The first-order chi connectivity index (χ1) is 13.4. The van der Waals surface area contributed by atoms with Crippen molar-refractivity contribution in [2.75, 3.05) is 0 Å². The molecule has 0 spiro atoms. The van der Waals surface area contributed by atoms with E-state index in [1.54, 1.807) is 0 Å². The van der Waals surface area contributed by atoms with E-state index in [1.165, 1.54) is 11.1 Å². The highest BCUT2D eigenvalue weighted by Crippen LogP contribution is 2.48. The quantitative estimate of drug-likeness (QED) is 0.443. The van der Waals surface area contributed by atoms with Crippen LogP contribution >= 0.6 is 0 Å². The third kappa shape index (κ3) is 5.55. The summed E-state index contributed by atoms with van der Waals surface area (Å²) in [6, 6.07) is 8.18. The average molecular weight is 385 g/mol. The Morgan fingerprint density at radius 2 is 2.14 bits per heavy atom. The van der Waals surface area contributed by atoms with E-state index in [0.29, 0.717) is 18.3 Å². The largest absolute Gasteiger partial charge is 0.481 e. The van der Waals surface area contributed by atoms with E-state index in [1.807, 2.05) is 37.3 Å². The van der Waals surface area contributed by atoms with Gasteiger partial charge in [-0.2, -0.15) is 0 Å². The fraction of sp³-hybridized carbons (Fsp3) is 0.542. The molecule has 4 heteroatoms. The molecule has 5 atom stereocenters. The van der Waals surface area contributed by atoms with E-state index in [2.05, 4.69) is 12.1 Å². The van der Waals surface area contributed by atoms with Crippen molar-refractivity contribution < 1.29 is 20.1 Å². The smallest absolute Gasteiger partial charge is 0.303 e. The van der Waals surface area contributed by atoms with Crippen molar-refractivity contribution >= 4 is 5.97 Å². The lowest BCUT2D eigenvalue weighted by Crippen LogP contribution is -2.18. The van der Waals surface area contributed by atoms with Crippen molar-refractivity contribution in [1.29, 1.82) is 0 Å². The second-order valence-corrected chi connectivity index (χ2v) is 8.48. The lowest BCUT2D eigenvalue weighted by Gasteiger charge is -2.19. The monoisotopic (exact) mass is 384 g/mol. The summed E-state index contributed by atoms with van der Waals surface area (Å²) in [6.07, 6.45) is 10.5. The molecule has 152 valence electrons. The Labute approximate surface area is 167 Å². The second-order valence-electron chi connectivity index (χ2n) is 8.48. The van der Waals surface area contributed by atoms with Crippen molar-refractivity contribution in [2.24, 2.45) is 17.8 Å². The summed E-state index contributed by atoms with van der Waals surface area (Å²) in [5, 5.41) is 29.6. The van der Waals surface area contributed by atoms with E-state index in [4.69, 9.17) is 5.11 Å². The molecule has 0 heterocycles. The van der Waals surface area contributed by atoms with Crippen LogP contribution in [0.2, 0.25) is 0 Å². The zero-order chi connectivity index (χ0) is 20.1. The molecule has 0 bridgehead atoms. The highest BCUT2D eigenvalue weighted by Gasteiger charge is 2.43. The number of unbranched alkanes of at least 4 members (excludes halogenated alkanes) is 1. The van der Waals surface area contributed by atoms with Gasteiger partial charge in [0.05, 0.1) is 12.2 Å². The fourth-order valence-electron chi connectivity index (χ4n) is 4.82. The molecular weight excluding hydrogens is 352 g/mol. The van der Waals surface area contributed by atoms with E-state index >= 15 is 0 Å². The zero-order valence-electron chi connectivity index (χ0n) is 16.6. The van der Waals surface area contributed by atoms with E-state index in [9.17, 15) is 15.0 Å². The molecule has 1 fully saturated rings. The van der Waals surface area contributed by atoms with Crippen LogP contribution in [0.25, 0.3) is 0 Å². The molecule has 0 saturated heterocycles. The van der Waals surface area contributed by atoms with Crippen LogP contribution in [0.5, 0.6) is 0 Å². The molecule has 0 radical (unpaired) electrons. The summed E-state index contributed by atoms with van der Waals surface area (Å²) >= 11 is 0. The van der Waals surface area contributed by atoms with Gasteiger partial charge in [0, 0.05) is 18.8 Å². The number of carbonyl (C=O) groups is 1. The molecule has 4 nitrogen and oxygen atoms in total. The molecular formula is C24H32O4. The SMILES string of the molecule is Cc1cccc(C[C@H](O)C=C[C@@H]2[C@H]3CC(CCCCC(=O)O)=C[C@H]3C[C@H]2O)c1. The third-order valence-corrected chi connectivity index (χ3v) is 6.17. The maximum absolute atomic E-state index is 10.6. The lowest BCUT2D eigenvalue weighted by atomic mass is 9.88. The summed E-state index contributed by atoms with van der Waals surface area (Å²) in [7, 11) is 0. The Hall–Kier alpha value is -1.91. The minimum Gasteiger partial charge on any atom is -0.481 e. The number of allylic oxidation sites excluding steroid dienone is 2. The van der Waals surface area contributed by atoms with Gasteiger partial charge in [-0.05, 0) is 56.4 Å². The van der Waals surface area contributed by atoms with Crippen LogP contribution in [0.1, 0.15) is 49.7 Å². The highest BCUT2D eigenvalue weighted by molar-refractivity contribution is 5.66. The maximum Gasteiger partial charge on any atom is 0.303 e. The van der Waals surface area contributed by atoms with Crippen LogP contribution in [-0.2, 0) is 11.2 Å². The number of carboxylic acid groups (broad SMARTS) is 1. The zero-order valence-corrected chi connectivity index (χ0v) is 16.6. The van der Waals surface area contributed by atoms with E-state index in [-0.39, 0.29) is 18.4 Å². The normalized spacial score (nSPS) is 27.8. The topological polar surface area (TPSA) is 77.8 Å². The first-order valence-corrected chi connectivity index (χ1v) is 10.4. The van der Waals surface area contributed by atoms with Gasteiger partial charge in [-0.25, -0.2) is 0 Å². The number of aliphatic hydroxyl groups excluding tert-OH is 2. The van der Waals surface area contributed by atoms with Crippen molar-refractivity contribution in [1.82, 2.24) is 0 Å². The number of carboxylic acids is 1. The number of benzene rings is 1. The van der Waals surface area contributed by atoms with Crippen LogP contribution in [0.3, 0.4) is 0 Å². The predicted octanol–water partition coefficient (Wildman–Crippen LogP) is 4.04. The van der Waals surface area contributed by atoms with Gasteiger partial charge in [0.15, 0.2) is 0 Å².